The number of aromatic nitrogens is 8. The average molecular weight is 1170 g/mol. The van der Waals surface area contributed by atoms with Gasteiger partial charge in [0, 0.05) is 36.3 Å². The van der Waals surface area contributed by atoms with Gasteiger partial charge in [0.25, 0.3) is 5.56 Å². The number of ether oxygens (including phenoxy) is 6. The number of pyridine rings is 2. The number of nitrogens with zero attached hydrogens (tertiary/aromatic N) is 7. The van der Waals surface area contributed by atoms with Crippen molar-refractivity contribution in [3.05, 3.63) is 184 Å². The van der Waals surface area contributed by atoms with Crippen molar-refractivity contribution in [1.82, 2.24) is 39.0 Å². The Labute approximate surface area is 499 Å². The Morgan fingerprint density at radius 1 is 0.576 bits per heavy atom. The maximum atomic E-state index is 12.3. The van der Waals surface area contributed by atoms with Gasteiger partial charge in [-0.2, -0.15) is 0 Å². The van der Waals surface area contributed by atoms with E-state index in [-0.39, 0.29) is 49.5 Å². The van der Waals surface area contributed by atoms with E-state index in [0.717, 1.165) is 100 Å². The van der Waals surface area contributed by atoms with Crippen molar-refractivity contribution in [3.8, 4) is 11.5 Å². The Bertz CT molecular complexity index is 4050. The molecule has 17 nitrogen and oxygen atoms in total. The van der Waals surface area contributed by atoms with Gasteiger partial charge in [0.05, 0.1) is 66.6 Å². The third-order valence-corrected chi connectivity index (χ3v) is 17.5. The molecular weight excluding hydrogens is 1090 g/mol. The van der Waals surface area contributed by atoms with Crippen molar-refractivity contribution in [2.75, 3.05) is 24.9 Å². The maximum Gasteiger partial charge on any atom is 0.260 e. The van der Waals surface area contributed by atoms with Crippen LogP contribution in [0.2, 0.25) is 5.15 Å². The van der Waals surface area contributed by atoms with Crippen LogP contribution in [0.5, 0.6) is 11.5 Å². The summed E-state index contributed by atoms with van der Waals surface area (Å²) in [5.74, 6) is 2.79. The third-order valence-electron chi connectivity index (χ3n) is 17.2. The molecule has 4 fully saturated rings. The summed E-state index contributed by atoms with van der Waals surface area (Å²) in [6.07, 6.45) is 12.5. The number of fused-ring (bicyclic) bond motifs is 6. The predicted octanol–water partition coefficient (Wildman–Crippen LogP) is 13.2. The fourth-order valence-electron chi connectivity index (χ4n) is 13.1. The van der Waals surface area contributed by atoms with Gasteiger partial charge in [-0.1, -0.05) is 67.6 Å². The Morgan fingerprint density at radius 3 is 1.52 bits per heavy atom. The molecule has 0 spiro atoms. The van der Waals surface area contributed by atoms with Gasteiger partial charge in [0.15, 0.2) is 11.6 Å². The number of anilines is 2. The second-order valence-electron chi connectivity index (χ2n) is 23.5. The van der Waals surface area contributed by atoms with Gasteiger partial charge in [-0.3, -0.25) is 4.79 Å². The minimum absolute atomic E-state index is 0. The molecule has 2 saturated carbocycles. The molecule has 8 heterocycles. The number of aromatic amines is 1. The normalized spacial score (nSPS) is 22.7. The second-order valence-corrected chi connectivity index (χ2v) is 23.9. The summed E-state index contributed by atoms with van der Waals surface area (Å²) in [7, 11) is 3.35. The molecule has 0 radical (unpaired) electrons. The van der Waals surface area contributed by atoms with E-state index in [0.29, 0.717) is 41.1 Å². The van der Waals surface area contributed by atoms with Crippen LogP contribution in [0.1, 0.15) is 95.1 Å². The minimum Gasteiger partial charge on any atom is -0.497 e. The number of H-pyrrole nitrogens is 1. The lowest BCUT2D eigenvalue weighted by Crippen LogP contribution is -2.27. The Hall–Kier alpha value is -7.93. The van der Waals surface area contributed by atoms with Gasteiger partial charge in [-0.25, -0.2) is 24.9 Å². The number of aryl methyl sites for hydroxylation is 2. The van der Waals surface area contributed by atoms with E-state index >= 15 is 0 Å². The van der Waals surface area contributed by atoms with E-state index in [4.69, 9.17) is 50.0 Å². The van der Waals surface area contributed by atoms with Crippen LogP contribution >= 0.6 is 11.6 Å². The van der Waals surface area contributed by atoms with Crippen molar-refractivity contribution >= 4 is 67.1 Å². The molecule has 440 valence electrons. The maximum absolute atomic E-state index is 12.3. The first-order chi connectivity index (χ1) is 40.7. The van der Waals surface area contributed by atoms with Gasteiger partial charge in [0.1, 0.15) is 58.1 Å². The van der Waals surface area contributed by atoms with E-state index < -0.39 is 11.6 Å². The van der Waals surface area contributed by atoms with Crippen LogP contribution in [0, 0.1) is 11.8 Å². The molecule has 8 atom stereocenters. The summed E-state index contributed by atoms with van der Waals surface area (Å²) < 4.78 is 40.6. The summed E-state index contributed by atoms with van der Waals surface area (Å²) in [5, 5.41) is 11.1. The predicted molar refractivity (Wildman–Crippen MR) is 332 cm³/mol. The molecule has 3 N–H and O–H groups in total. The van der Waals surface area contributed by atoms with Crippen LogP contribution < -0.4 is 25.7 Å². The molecule has 0 unspecified atom stereocenters. The highest BCUT2D eigenvalue weighted by Gasteiger charge is 2.55. The molecule has 0 bridgehead atoms. The minimum atomic E-state index is -0.651. The zero-order valence-electron chi connectivity index (χ0n) is 48.0. The number of hydrogen-bond donors (Lipinski definition) is 3. The summed E-state index contributed by atoms with van der Waals surface area (Å²) >= 11 is 6.35. The summed E-state index contributed by atoms with van der Waals surface area (Å²) in [6, 6.07) is 41.5. The summed E-state index contributed by atoms with van der Waals surface area (Å²) in [5.41, 5.74) is 8.22. The highest BCUT2D eigenvalue weighted by atomic mass is 35.5. The van der Waals surface area contributed by atoms with E-state index in [2.05, 4.69) is 119 Å². The smallest absolute Gasteiger partial charge is 0.260 e. The molecule has 4 aliphatic rings. The highest BCUT2D eigenvalue weighted by Crippen LogP contribution is 2.51. The van der Waals surface area contributed by atoms with Crippen LogP contribution in [0.15, 0.2) is 151 Å². The van der Waals surface area contributed by atoms with E-state index in [1.165, 1.54) is 29.3 Å². The van der Waals surface area contributed by atoms with Crippen molar-refractivity contribution in [3.63, 3.8) is 0 Å². The SMILES string of the molecule is C.COc1ccc(CNc2ccc3ccc(CC[C@H]4C[C@@H](n5ccc6c(=O)[nH]cnc65)[C@@H]5OC(C)(C)O[C@H]45)cc3n2)cc1.COc1ccc(CNc2ccc3ccc(CC[C@H]4C[C@@H](n5ccc6c(Cl)ncnc65)[C@@H]5OC(C)(C)O[C@H]45)cc3n2)cc1. The highest BCUT2D eigenvalue weighted by molar-refractivity contribution is 6.33. The van der Waals surface area contributed by atoms with Crippen LogP contribution in [-0.2, 0) is 44.9 Å². The molecular formula is C67H73ClN10O7. The van der Waals surface area contributed by atoms with Gasteiger partial charge in [0.2, 0.25) is 0 Å². The van der Waals surface area contributed by atoms with Crippen molar-refractivity contribution < 1.29 is 28.4 Å². The van der Waals surface area contributed by atoms with Gasteiger partial charge >= 0.3 is 0 Å². The molecule has 4 aromatic carbocycles. The fourth-order valence-corrected chi connectivity index (χ4v) is 13.3. The second kappa shape index (κ2) is 23.8. The van der Waals surface area contributed by atoms with Gasteiger partial charge < -0.3 is 53.2 Å². The molecule has 2 aliphatic heterocycles. The van der Waals surface area contributed by atoms with E-state index in [1.807, 2.05) is 82.4 Å². The quantitative estimate of drug-likeness (QED) is 0.0776. The Balaban J connectivity index is 0.000000165. The molecule has 2 aliphatic carbocycles. The van der Waals surface area contributed by atoms with Crippen LogP contribution in [0.4, 0.5) is 11.6 Å². The molecule has 14 rings (SSSR count). The number of halogens is 1. The summed E-state index contributed by atoms with van der Waals surface area (Å²) in [4.78, 5) is 38.0. The van der Waals surface area contributed by atoms with E-state index in [1.54, 1.807) is 14.2 Å². The molecule has 6 aromatic heterocycles. The van der Waals surface area contributed by atoms with Gasteiger partial charge in [-0.05, 0) is 173 Å². The van der Waals surface area contributed by atoms with Crippen molar-refractivity contribution in [2.24, 2.45) is 11.8 Å². The Kier molecular flexibility index (Phi) is 16.1. The average Bonchev–Trinajstić information content (AvgIpc) is 2.44. The lowest BCUT2D eigenvalue weighted by molar-refractivity contribution is -0.160. The number of nitrogens with one attached hydrogen (secondary N) is 3. The number of hydrogen-bond acceptors (Lipinski definition) is 14. The first kappa shape index (κ1) is 57.5. The zero-order valence-corrected chi connectivity index (χ0v) is 48.8. The van der Waals surface area contributed by atoms with Crippen LogP contribution in [0.25, 0.3) is 43.9 Å². The summed E-state index contributed by atoms with van der Waals surface area (Å²) in [6.45, 7) is 9.34. The molecule has 85 heavy (non-hydrogen) atoms. The first-order valence-corrected chi connectivity index (χ1v) is 29.4. The first-order valence-electron chi connectivity index (χ1n) is 29.0. The van der Waals surface area contributed by atoms with Crippen LogP contribution in [0.3, 0.4) is 0 Å². The third kappa shape index (κ3) is 12.1. The van der Waals surface area contributed by atoms with Gasteiger partial charge in [-0.15, -0.1) is 0 Å². The van der Waals surface area contributed by atoms with Crippen molar-refractivity contribution in [2.45, 2.75) is 135 Å². The standard InChI is InChI=1S/C33H34ClN5O3.C33H35N5O4.CH4/c1-33(2)41-29-23(17-27(30(29)42-33)39-15-14-25-31(34)36-19-37-32(25)39)9-5-20-4-8-22-10-13-28(38-26(22)16-20)35-18-21-6-11-24(40-3)12-7-21;1-33(2)41-29-23(17-27(30(29)42-33)38-15-14-25-31(38)35-19-36-32(25)39)9-5-20-4-8-22-10-13-28(37-26(22)16-20)34-18-21-6-11-24(40-3)12-7-21;/h4,6-8,10-16,19,23,27,29-30H,5,9,17-18H2,1-3H3,(H,35,38);4,6-8,10-16,19,23,27,29-30H,5,9,17-18H2,1-3H3,(H,34,37)(H,35,36,39);1H4/t2*23-,27+,29+,30-;/m00./s1. The fraction of sp³-hybridized carbons (Fsp3) is 0.373. The lowest BCUT2D eigenvalue weighted by atomic mass is 9.95. The lowest BCUT2D eigenvalue weighted by Gasteiger charge is -2.24. The topological polar surface area (TPSA) is 187 Å². The number of methoxy groups -OCH3 is 2. The molecule has 10 aromatic rings. The Morgan fingerprint density at radius 2 is 1.02 bits per heavy atom. The zero-order chi connectivity index (χ0) is 57.7. The number of rotatable bonds is 16. The van der Waals surface area contributed by atoms with Crippen LogP contribution in [-0.4, -0.2) is 89.2 Å². The molecule has 0 amide bonds. The molecule has 18 heteroatoms. The monoisotopic (exact) mass is 1160 g/mol. The van der Waals surface area contributed by atoms with E-state index in [9.17, 15) is 4.79 Å². The largest absolute Gasteiger partial charge is 0.497 e. The molecule has 2 saturated heterocycles. The van der Waals surface area contributed by atoms with Crippen molar-refractivity contribution in [1.29, 1.82) is 0 Å². The number of benzene rings is 4.